The van der Waals surface area contributed by atoms with Crippen molar-refractivity contribution in [1.29, 1.82) is 0 Å². The molecule has 0 amide bonds. The van der Waals surface area contributed by atoms with Crippen molar-refractivity contribution in [3.8, 4) is 22.8 Å². The molecule has 0 unspecified atom stereocenters. The van der Waals surface area contributed by atoms with Gasteiger partial charge in [-0.2, -0.15) is 5.10 Å². The number of nitrogens with one attached hydrogen (secondary N) is 1. The van der Waals surface area contributed by atoms with Gasteiger partial charge in [-0.3, -0.25) is 5.10 Å². The fourth-order valence-corrected chi connectivity index (χ4v) is 2.64. The number of hydrogen-bond donors (Lipinski definition) is 2. The number of nitrogens with zero attached hydrogens (tertiary/aromatic N) is 1. The largest absolute Gasteiger partial charge is 0.494 e. The van der Waals surface area contributed by atoms with Gasteiger partial charge in [0.1, 0.15) is 18.1 Å². The number of para-hydroxylation sites is 2. The molecule has 5 heteroatoms. The molecule has 2 aromatic carbocycles. The second-order valence-corrected chi connectivity index (χ2v) is 6.19. The Balaban J connectivity index is 1.61. The lowest BCUT2D eigenvalue weighted by Gasteiger charge is -2.07. The Kier molecular flexibility index (Phi) is 6.14. The highest BCUT2D eigenvalue weighted by Gasteiger charge is 2.07. The van der Waals surface area contributed by atoms with Gasteiger partial charge in [0.25, 0.3) is 0 Å². The maximum atomic E-state index is 5.89. The summed E-state index contributed by atoms with van der Waals surface area (Å²) >= 11 is 0. The number of unbranched alkanes of at least 4 members (excludes halogenated alkanes) is 2. The first-order chi connectivity index (χ1) is 12.8. The van der Waals surface area contributed by atoms with Crippen molar-refractivity contribution < 1.29 is 9.47 Å². The Morgan fingerprint density at radius 3 is 2.73 bits per heavy atom. The van der Waals surface area contributed by atoms with Gasteiger partial charge >= 0.3 is 0 Å². The summed E-state index contributed by atoms with van der Waals surface area (Å²) in [5.74, 6) is 1.54. The molecule has 1 aromatic heterocycles. The topological polar surface area (TPSA) is 73.2 Å². The number of aromatic amines is 1. The number of anilines is 1. The van der Waals surface area contributed by atoms with E-state index >= 15 is 0 Å². The van der Waals surface area contributed by atoms with Crippen molar-refractivity contribution in [3.63, 3.8) is 0 Å². The third-order valence-electron chi connectivity index (χ3n) is 4.08. The number of benzene rings is 2. The van der Waals surface area contributed by atoms with Crippen LogP contribution in [0.2, 0.25) is 0 Å². The van der Waals surface area contributed by atoms with Crippen LogP contribution in [0.4, 0.5) is 5.69 Å². The fourth-order valence-electron chi connectivity index (χ4n) is 2.64. The summed E-state index contributed by atoms with van der Waals surface area (Å²) in [5, 5.41) is 7.40. The first-order valence-electron chi connectivity index (χ1n) is 9.01. The van der Waals surface area contributed by atoms with Crippen LogP contribution in [0.25, 0.3) is 11.3 Å². The Bertz CT molecular complexity index is 829. The van der Waals surface area contributed by atoms with Crippen LogP contribution < -0.4 is 15.2 Å². The highest BCUT2D eigenvalue weighted by molar-refractivity contribution is 5.61. The van der Waals surface area contributed by atoms with Crippen molar-refractivity contribution in [2.45, 2.75) is 32.8 Å². The Labute approximate surface area is 154 Å². The minimum atomic E-state index is 0.383. The molecular formula is C21H25N3O2. The van der Waals surface area contributed by atoms with E-state index in [9.17, 15) is 0 Å². The molecule has 5 nitrogen and oxygen atoms in total. The minimum Gasteiger partial charge on any atom is -0.494 e. The molecule has 3 N–H and O–H groups in total. The molecule has 1 heterocycles. The van der Waals surface area contributed by atoms with Crippen LogP contribution in [0.15, 0.2) is 54.6 Å². The smallest absolute Gasteiger partial charge is 0.142 e. The molecule has 0 saturated heterocycles. The quantitative estimate of drug-likeness (QED) is 0.429. The molecule has 0 spiro atoms. The number of rotatable bonds is 9. The SMILES string of the molecule is CCCCCOc1cccc(-c2cc(COc3ccccc3N)[nH]n2)c1. The molecule has 0 atom stereocenters. The Hall–Kier alpha value is -2.95. The van der Waals surface area contributed by atoms with Gasteiger partial charge in [0.05, 0.1) is 23.7 Å². The summed E-state index contributed by atoms with van der Waals surface area (Å²) in [6, 6.07) is 17.4. The fraction of sp³-hybridized carbons (Fsp3) is 0.286. The molecule has 136 valence electrons. The summed E-state index contributed by atoms with van der Waals surface area (Å²) in [7, 11) is 0. The lowest BCUT2D eigenvalue weighted by atomic mass is 10.1. The van der Waals surface area contributed by atoms with Crippen molar-refractivity contribution in [2.24, 2.45) is 0 Å². The third kappa shape index (κ3) is 4.79. The number of nitrogens with two attached hydrogens (primary N) is 1. The number of hydrogen-bond acceptors (Lipinski definition) is 4. The van der Waals surface area contributed by atoms with Gasteiger partial charge in [0.2, 0.25) is 0 Å². The van der Waals surface area contributed by atoms with Gasteiger partial charge < -0.3 is 15.2 Å². The second kappa shape index (κ2) is 8.94. The normalized spacial score (nSPS) is 10.7. The number of nitrogen functional groups attached to an aromatic ring is 1. The highest BCUT2D eigenvalue weighted by atomic mass is 16.5. The molecule has 0 aliphatic rings. The van der Waals surface area contributed by atoms with Crippen molar-refractivity contribution in [2.75, 3.05) is 12.3 Å². The lowest BCUT2D eigenvalue weighted by Crippen LogP contribution is -1.98. The first kappa shape index (κ1) is 17.9. The van der Waals surface area contributed by atoms with Crippen LogP contribution in [0.5, 0.6) is 11.5 Å². The first-order valence-corrected chi connectivity index (χ1v) is 9.01. The van der Waals surface area contributed by atoms with E-state index in [1.165, 1.54) is 12.8 Å². The molecule has 0 aliphatic carbocycles. The maximum Gasteiger partial charge on any atom is 0.142 e. The molecular weight excluding hydrogens is 326 g/mol. The number of aromatic nitrogens is 2. The molecule has 0 saturated carbocycles. The van der Waals surface area contributed by atoms with Crippen LogP contribution in [0.3, 0.4) is 0 Å². The molecule has 0 radical (unpaired) electrons. The van der Waals surface area contributed by atoms with Crippen LogP contribution in [0.1, 0.15) is 31.9 Å². The Morgan fingerprint density at radius 2 is 1.88 bits per heavy atom. The number of H-pyrrole nitrogens is 1. The van der Waals surface area contributed by atoms with Gasteiger partial charge in [0.15, 0.2) is 0 Å². The van der Waals surface area contributed by atoms with E-state index in [-0.39, 0.29) is 0 Å². The zero-order valence-corrected chi connectivity index (χ0v) is 15.1. The van der Waals surface area contributed by atoms with Crippen LogP contribution >= 0.6 is 0 Å². The molecule has 3 rings (SSSR count). The van der Waals surface area contributed by atoms with E-state index in [2.05, 4.69) is 17.1 Å². The van der Waals surface area contributed by atoms with Gasteiger partial charge in [-0.05, 0) is 36.8 Å². The third-order valence-corrected chi connectivity index (χ3v) is 4.08. The minimum absolute atomic E-state index is 0.383. The molecule has 26 heavy (non-hydrogen) atoms. The average molecular weight is 351 g/mol. The molecule has 0 aliphatic heterocycles. The van der Waals surface area contributed by atoms with Crippen molar-refractivity contribution in [3.05, 3.63) is 60.3 Å². The highest BCUT2D eigenvalue weighted by Crippen LogP contribution is 2.24. The predicted octanol–water partition coefficient (Wildman–Crippen LogP) is 4.81. The zero-order valence-electron chi connectivity index (χ0n) is 15.1. The molecule has 0 bridgehead atoms. The van der Waals surface area contributed by atoms with Gasteiger partial charge in [-0.1, -0.05) is 44.0 Å². The standard InChI is InChI=1S/C21H25N3O2/c1-2-3-6-12-25-18-9-7-8-16(13-18)20-14-17(23-24-20)15-26-21-11-5-4-10-19(21)22/h4-5,7-11,13-14H,2-3,6,12,15,22H2,1H3,(H,23,24). The van der Waals surface area contributed by atoms with Gasteiger partial charge in [-0.25, -0.2) is 0 Å². The van der Waals surface area contributed by atoms with Crippen LogP contribution in [-0.4, -0.2) is 16.8 Å². The van der Waals surface area contributed by atoms with Crippen LogP contribution in [-0.2, 0) is 6.61 Å². The summed E-state index contributed by atoms with van der Waals surface area (Å²) in [5.41, 5.74) is 9.28. The molecule has 0 fully saturated rings. The monoisotopic (exact) mass is 351 g/mol. The summed E-state index contributed by atoms with van der Waals surface area (Å²) < 4.78 is 11.6. The maximum absolute atomic E-state index is 5.89. The lowest BCUT2D eigenvalue weighted by molar-refractivity contribution is 0.303. The summed E-state index contributed by atoms with van der Waals surface area (Å²) in [4.78, 5) is 0. The van der Waals surface area contributed by atoms with E-state index in [1.54, 1.807) is 0 Å². The predicted molar refractivity (Wildman–Crippen MR) is 104 cm³/mol. The van der Waals surface area contributed by atoms with Crippen molar-refractivity contribution in [1.82, 2.24) is 10.2 Å². The van der Waals surface area contributed by atoms with Gasteiger partial charge in [0, 0.05) is 5.56 Å². The van der Waals surface area contributed by atoms with E-state index in [0.717, 1.165) is 35.7 Å². The average Bonchev–Trinajstić information content (AvgIpc) is 3.14. The van der Waals surface area contributed by atoms with E-state index in [1.807, 2.05) is 54.6 Å². The zero-order chi connectivity index (χ0) is 18.2. The Morgan fingerprint density at radius 1 is 1.00 bits per heavy atom. The molecule has 3 aromatic rings. The van der Waals surface area contributed by atoms with Crippen molar-refractivity contribution >= 4 is 5.69 Å². The van der Waals surface area contributed by atoms with Crippen LogP contribution in [0, 0.1) is 0 Å². The van der Waals surface area contributed by atoms with E-state index in [4.69, 9.17) is 15.2 Å². The summed E-state index contributed by atoms with van der Waals surface area (Å²) in [6.07, 6.45) is 3.46. The van der Waals surface area contributed by atoms with E-state index in [0.29, 0.717) is 18.0 Å². The second-order valence-electron chi connectivity index (χ2n) is 6.19. The summed E-state index contributed by atoms with van der Waals surface area (Å²) in [6.45, 7) is 3.31. The van der Waals surface area contributed by atoms with E-state index < -0.39 is 0 Å². The number of ether oxygens (including phenoxy) is 2. The van der Waals surface area contributed by atoms with Gasteiger partial charge in [-0.15, -0.1) is 0 Å².